The molecule has 36 heavy (non-hydrogen) atoms. The van der Waals surface area contributed by atoms with Crippen LogP contribution in [0.3, 0.4) is 0 Å². The van der Waals surface area contributed by atoms with Crippen molar-refractivity contribution < 1.29 is 25.3 Å². The molecule has 2 aromatic rings. The molecule has 0 aliphatic heterocycles. The minimum atomic E-state index is -3.26. The number of fused-ring (bicyclic) bond motifs is 1. The zero-order chi connectivity index (χ0) is 32.4. The molecule has 8 nitrogen and oxygen atoms in total. The topological polar surface area (TPSA) is 102 Å². The molecule has 0 aliphatic carbocycles. The van der Waals surface area contributed by atoms with Gasteiger partial charge < -0.3 is 25.3 Å². The van der Waals surface area contributed by atoms with Gasteiger partial charge in [-0.05, 0) is 43.9 Å². The Balaban J connectivity index is 0.00000924. The highest BCUT2D eigenvalue weighted by molar-refractivity contribution is 6.18. The number of aromatic nitrogens is 2. The summed E-state index contributed by atoms with van der Waals surface area (Å²) in [4.78, 5) is 29.8. The lowest BCUT2D eigenvalue weighted by atomic mass is 10.0. The fraction of sp³-hybridized carbons (Fsp3) is 0.625. The maximum Gasteiger partial charge on any atom is 0.328 e. The maximum atomic E-state index is 12.8. The molecule has 0 saturated heterocycles. The van der Waals surface area contributed by atoms with Crippen molar-refractivity contribution in [3.05, 3.63) is 24.0 Å². The summed E-state index contributed by atoms with van der Waals surface area (Å²) in [6.45, 7) is -0.851. The molecule has 0 saturated carbocycles. The zero-order valence-corrected chi connectivity index (χ0v) is 23.7. The third-order valence-electron chi connectivity index (χ3n) is 5.13. The van der Waals surface area contributed by atoms with Crippen LogP contribution in [0.15, 0.2) is 18.2 Å². The molecule has 12 heteroatoms. The number of nitrogens with one attached hydrogen (secondary N) is 1. The molecule has 0 bridgehead atoms. The number of rotatable bonds is 14. The Morgan fingerprint density at radius 2 is 1.89 bits per heavy atom. The van der Waals surface area contributed by atoms with Gasteiger partial charge in [0.2, 0.25) is 5.91 Å². The van der Waals surface area contributed by atoms with Crippen LogP contribution in [0.1, 0.15) is 50.4 Å². The van der Waals surface area contributed by atoms with E-state index in [4.69, 9.17) is 44.6 Å². The third-order valence-corrected chi connectivity index (χ3v) is 5.30. The van der Waals surface area contributed by atoms with Gasteiger partial charge in [0.25, 0.3) is 0 Å². The summed E-state index contributed by atoms with van der Waals surface area (Å²) in [5.41, 5.74) is 6.65. The van der Waals surface area contributed by atoms with Crippen molar-refractivity contribution in [1.82, 2.24) is 14.9 Å². The molecule has 0 fully saturated rings. The molecule has 0 spiro atoms. The van der Waals surface area contributed by atoms with E-state index in [2.05, 4.69) is 10.3 Å². The molecule has 206 valence electrons. The largest absolute Gasteiger partial charge is 0.464 e. The van der Waals surface area contributed by atoms with Gasteiger partial charge in [0.1, 0.15) is 11.9 Å². The fourth-order valence-corrected chi connectivity index (χ4v) is 3.63. The van der Waals surface area contributed by atoms with Crippen molar-refractivity contribution >= 4 is 76.6 Å². The van der Waals surface area contributed by atoms with Gasteiger partial charge in [0.05, 0.1) is 29.2 Å². The molecular formula is C24H39Cl4N5O3. The monoisotopic (exact) mass is 593 g/mol. The van der Waals surface area contributed by atoms with Gasteiger partial charge in [-0.1, -0.05) is 13.8 Å². The summed E-state index contributed by atoms with van der Waals surface area (Å²) in [7, 11) is 1.69. The lowest BCUT2D eigenvalue weighted by molar-refractivity contribution is -0.148. The molecular weight excluding hydrogens is 548 g/mol. The first-order valence-electron chi connectivity index (χ1n) is 14.9. The van der Waals surface area contributed by atoms with Gasteiger partial charge in [-0.25, -0.2) is 9.78 Å². The van der Waals surface area contributed by atoms with E-state index in [0.29, 0.717) is 17.8 Å². The van der Waals surface area contributed by atoms with Gasteiger partial charge in [-0.3, -0.25) is 4.79 Å². The number of aryl methyl sites for hydroxylation is 2. The molecule has 0 unspecified atom stereocenters. The number of carbonyl (C=O) groups excluding carboxylic acids is 2. The van der Waals surface area contributed by atoms with Crippen LogP contribution in [0.4, 0.5) is 5.69 Å². The predicted molar refractivity (Wildman–Crippen MR) is 153 cm³/mol. The van der Waals surface area contributed by atoms with Crippen LogP contribution in [0.2, 0.25) is 0 Å². The summed E-state index contributed by atoms with van der Waals surface area (Å²) in [6, 6.07) is 2.22. The molecule has 1 amide bonds. The number of hydrogen-bond acceptors (Lipinski definition) is 6. The van der Waals surface area contributed by atoms with Crippen LogP contribution in [0.25, 0.3) is 11.0 Å². The van der Waals surface area contributed by atoms with Crippen molar-refractivity contribution in [3.63, 3.8) is 0 Å². The quantitative estimate of drug-likeness (QED) is 0.253. The first-order valence-corrected chi connectivity index (χ1v) is 11.7. The van der Waals surface area contributed by atoms with Crippen molar-refractivity contribution in [2.75, 3.05) is 36.2 Å². The lowest BCUT2D eigenvalue weighted by Crippen LogP contribution is -2.49. The highest BCUT2D eigenvalue weighted by atomic mass is 35.5. The van der Waals surface area contributed by atoms with Crippen molar-refractivity contribution in [3.8, 4) is 0 Å². The van der Waals surface area contributed by atoms with Crippen LogP contribution < -0.4 is 16.0 Å². The second kappa shape index (κ2) is 17.1. The van der Waals surface area contributed by atoms with Crippen LogP contribution in [0, 0.1) is 5.92 Å². The number of anilines is 1. The van der Waals surface area contributed by atoms with E-state index in [-0.39, 0.29) is 66.3 Å². The third kappa shape index (κ3) is 9.78. The Labute approximate surface area is 247 Å². The van der Waals surface area contributed by atoms with Gasteiger partial charge in [0.15, 0.2) is 0 Å². The SMILES string of the molecule is Cl.Cl.[2H]C([2H])(Cl)C([2H])([2H])N(c1ccc2c(c1)nc(CC[C@H](N)C(=O)N[C@@H](CC(C)C)C(=O)OCC)n2C)C([2H])([2H])C([2H])([2H])Cl. The average molecular weight is 595 g/mol. The minimum absolute atomic E-state index is 0. The number of alkyl halides is 2. The number of ether oxygens (including phenoxy) is 1. The molecule has 2 rings (SSSR count). The second-order valence-corrected chi connectivity index (χ2v) is 8.47. The Morgan fingerprint density at radius 1 is 1.25 bits per heavy atom. The maximum absolute atomic E-state index is 12.8. The summed E-state index contributed by atoms with van der Waals surface area (Å²) in [6.07, 6.45) is 0.764. The van der Waals surface area contributed by atoms with E-state index in [1.54, 1.807) is 18.5 Å². The number of amides is 1. The van der Waals surface area contributed by atoms with Crippen LogP contribution in [0.5, 0.6) is 0 Å². The Morgan fingerprint density at radius 3 is 2.44 bits per heavy atom. The summed E-state index contributed by atoms with van der Waals surface area (Å²) >= 11 is 11.3. The first kappa shape index (κ1) is 22.5. The number of esters is 1. The Hall–Kier alpha value is -1.45. The van der Waals surface area contributed by atoms with Crippen molar-refractivity contribution in [2.24, 2.45) is 18.7 Å². The van der Waals surface area contributed by atoms with E-state index < -0.39 is 48.6 Å². The Kier molecular flexibility index (Phi) is 10.7. The van der Waals surface area contributed by atoms with Crippen molar-refractivity contribution in [2.45, 2.75) is 52.1 Å². The molecule has 1 aromatic carbocycles. The average Bonchev–Trinajstić information content (AvgIpc) is 3.14. The van der Waals surface area contributed by atoms with Crippen LogP contribution >= 0.6 is 48.0 Å². The predicted octanol–water partition coefficient (Wildman–Crippen LogP) is 4.05. The molecule has 0 radical (unpaired) electrons. The number of imidazole rings is 1. The number of hydrogen-bond donors (Lipinski definition) is 2. The smallest absolute Gasteiger partial charge is 0.328 e. The molecule has 0 aliphatic rings. The number of nitrogens with zero attached hydrogens (tertiary/aromatic N) is 3. The molecule has 1 aromatic heterocycles. The summed E-state index contributed by atoms with van der Waals surface area (Å²) in [5, 5.41) is 2.66. The van der Waals surface area contributed by atoms with Crippen LogP contribution in [-0.4, -0.2) is 64.8 Å². The summed E-state index contributed by atoms with van der Waals surface area (Å²) in [5.74, 6) is -6.76. The number of halogens is 4. The molecule has 1 heterocycles. The van der Waals surface area contributed by atoms with Gasteiger partial charge in [0, 0.05) is 49.3 Å². The lowest BCUT2D eigenvalue weighted by Gasteiger charge is -2.22. The first-order chi connectivity index (χ1) is 19.1. The van der Waals surface area contributed by atoms with E-state index in [1.165, 1.54) is 18.2 Å². The fourth-order valence-electron chi connectivity index (χ4n) is 3.47. The zero-order valence-electron chi connectivity index (χ0n) is 28.5. The van der Waals surface area contributed by atoms with E-state index in [9.17, 15) is 9.59 Å². The molecule has 2 atom stereocenters. The van der Waals surface area contributed by atoms with Gasteiger partial charge in [-0.15, -0.1) is 48.0 Å². The summed E-state index contributed by atoms with van der Waals surface area (Å²) < 4.78 is 70.8. The highest BCUT2D eigenvalue weighted by Crippen LogP contribution is 2.23. The highest BCUT2D eigenvalue weighted by Gasteiger charge is 2.26. The van der Waals surface area contributed by atoms with Gasteiger partial charge in [-0.2, -0.15) is 0 Å². The minimum Gasteiger partial charge on any atom is -0.464 e. The molecule has 3 N–H and O–H groups in total. The van der Waals surface area contributed by atoms with Crippen LogP contribution in [-0.2, 0) is 27.8 Å². The number of carbonyl (C=O) groups is 2. The van der Waals surface area contributed by atoms with E-state index in [1.807, 2.05) is 13.8 Å². The standard InChI is InChI=1S/C24H37Cl2N5O3.2ClH/c1-5-34-24(33)20(14-16(2)3)29-23(32)18(27)7-9-22-28-19-15-17(6-8-21(19)30(22)4)31(12-10-25)13-11-26;;/h6,8,15-16,18,20H,5,7,9-14,27H2,1-4H3,(H,29,32);2*1H/t18-,20-;;/m0../s1/i10D2,11D2,12D2,13D2;;. The Bertz CT molecular complexity index is 1250. The number of benzene rings is 1. The van der Waals surface area contributed by atoms with Crippen molar-refractivity contribution in [1.29, 1.82) is 0 Å². The van der Waals surface area contributed by atoms with E-state index in [0.717, 1.165) is 0 Å². The number of nitrogens with two attached hydrogens (primary N) is 1. The van der Waals surface area contributed by atoms with E-state index >= 15 is 0 Å². The normalized spacial score (nSPS) is 17.3. The van der Waals surface area contributed by atoms with Gasteiger partial charge >= 0.3 is 5.97 Å². The second-order valence-electron chi connectivity index (χ2n) is 8.10.